The van der Waals surface area contributed by atoms with Crippen molar-refractivity contribution in [1.29, 1.82) is 0 Å². The number of aliphatic hydroxyl groups excluding tert-OH is 1. The van der Waals surface area contributed by atoms with E-state index in [1.165, 1.54) is 23.5 Å². The van der Waals surface area contributed by atoms with E-state index in [2.05, 4.69) is 4.98 Å². The van der Waals surface area contributed by atoms with Crippen LogP contribution in [0.1, 0.15) is 56.2 Å². The Morgan fingerprint density at radius 1 is 1.21 bits per heavy atom. The molecule has 0 saturated heterocycles. The molecule has 1 aromatic heterocycles. The van der Waals surface area contributed by atoms with Crippen molar-refractivity contribution in [2.24, 2.45) is 0 Å². The lowest BCUT2D eigenvalue weighted by Crippen LogP contribution is -2.12. The fourth-order valence-corrected chi connectivity index (χ4v) is 4.59. The summed E-state index contributed by atoms with van der Waals surface area (Å²) in [6, 6.07) is 4.98. The molecule has 1 aromatic carbocycles. The third-order valence-corrected chi connectivity index (χ3v) is 6.24. The van der Waals surface area contributed by atoms with Gasteiger partial charge in [0.25, 0.3) is 0 Å². The second-order valence-corrected chi connectivity index (χ2v) is 9.36. The van der Waals surface area contributed by atoms with E-state index in [0.717, 1.165) is 28.3 Å². The number of alkyl halides is 3. The topological polar surface area (TPSA) is 79.7 Å². The maximum atomic E-state index is 12.9. The molecule has 0 amide bonds. The van der Waals surface area contributed by atoms with Crippen LogP contribution >= 0.6 is 11.3 Å². The SMILES string of the molecule is C/C=C(\C=C(\C)COCC(=O)O)[C@@H](O)CCc1sc(-c2ccc(C(F)(F)F)cc2)nc1C(C)C. The number of rotatable bonds is 11. The number of aromatic nitrogens is 1. The maximum Gasteiger partial charge on any atom is 0.416 e. The minimum atomic E-state index is -4.38. The van der Waals surface area contributed by atoms with Crippen LogP contribution in [0.25, 0.3) is 10.6 Å². The van der Waals surface area contributed by atoms with Gasteiger partial charge < -0.3 is 14.9 Å². The zero-order valence-electron chi connectivity index (χ0n) is 19.6. The molecule has 2 rings (SSSR count). The summed E-state index contributed by atoms with van der Waals surface area (Å²) in [5.74, 6) is -0.915. The van der Waals surface area contributed by atoms with E-state index in [4.69, 9.17) is 9.84 Å². The Bertz CT molecular complexity index is 1020. The number of halogens is 3. The van der Waals surface area contributed by atoms with Crippen LogP contribution in [-0.4, -0.2) is 40.5 Å². The molecule has 0 bridgehead atoms. The number of thiazole rings is 1. The van der Waals surface area contributed by atoms with E-state index in [9.17, 15) is 23.1 Å². The van der Waals surface area contributed by atoms with Crippen LogP contribution in [0.15, 0.2) is 47.6 Å². The van der Waals surface area contributed by atoms with Gasteiger partial charge in [0.2, 0.25) is 0 Å². The van der Waals surface area contributed by atoms with Gasteiger partial charge in [-0.3, -0.25) is 0 Å². The molecular weight excluding hydrogens is 467 g/mol. The van der Waals surface area contributed by atoms with Crippen molar-refractivity contribution in [1.82, 2.24) is 4.98 Å². The summed E-state index contributed by atoms with van der Waals surface area (Å²) in [5, 5.41) is 20.0. The molecule has 2 N–H and O–H groups in total. The Morgan fingerprint density at radius 3 is 2.38 bits per heavy atom. The quantitative estimate of drug-likeness (QED) is 0.359. The van der Waals surface area contributed by atoms with Gasteiger partial charge in [-0.1, -0.05) is 38.1 Å². The number of allylic oxidation sites excluding steroid dienone is 1. The van der Waals surface area contributed by atoms with Gasteiger partial charge in [0.05, 0.1) is 24.0 Å². The standard InChI is InChI=1S/C25H30F3NO4S/c1-5-17(12-16(4)13-33-14-22(31)32)20(30)10-11-21-23(15(2)3)29-24(34-21)18-6-8-19(9-7-18)25(26,27)28/h5-9,12,15,20,30H,10-11,13-14H2,1-4H3,(H,31,32)/b16-12-,17-5+/t20-/m0/s1. The molecule has 1 heterocycles. The molecule has 186 valence electrons. The van der Waals surface area contributed by atoms with Crippen LogP contribution in [0.2, 0.25) is 0 Å². The molecule has 2 aromatic rings. The van der Waals surface area contributed by atoms with E-state index in [1.54, 1.807) is 19.1 Å². The van der Waals surface area contributed by atoms with Gasteiger partial charge in [0, 0.05) is 10.4 Å². The van der Waals surface area contributed by atoms with Gasteiger partial charge in [-0.2, -0.15) is 13.2 Å². The van der Waals surface area contributed by atoms with Gasteiger partial charge in [-0.25, -0.2) is 9.78 Å². The molecule has 0 radical (unpaired) electrons. The van der Waals surface area contributed by atoms with E-state index in [0.29, 0.717) is 29.0 Å². The maximum absolute atomic E-state index is 12.9. The number of aliphatic hydroxyl groups is 1. The molecule has 34 heavy (non-hydrogen) atoms. The number of benzene rings is 1. The van der Waals surface area contributed by atoms with E-state index in [-0.39, 0.29) is 19.1 Å². The van der Waals surface area contributed by atoms with Gasteiger partial charge >= 0.3 is 12.1 Å². The summed E-state index contributed by atoms with van der Waals surface area (Å²) in [5.41, 5.74) is 2.30. The Labute approximate surface area is 201 Å². The Kier molecular flexibility index (Phi) is 10.0. The number of hydrogen-bond acceptors (Lipinski definition) is 5. The van der Waals surface area contributed by atoms with Crippen LogP contribution < -0.4 is 0 Å². The average Bonchev–Trinajstić information content (AvgIpc) is 3.19. The van der Waals surface area contributed by atoms with Gasteiger partial charge in [0.15, 0.2) is 0 Å². The Hall–Kier alpha value is -2.49. The predicted molar refractivity (Wildman–Crippen MR) is 127 cm³/mol. The lowest BCUT2D eigenvalue weighted by molar-refractivity contribution is -0.142. The smallest absolute Gasteiger partial charge is 0.416 e. The normalized spacial score (nSPS) is 14.0. The summed E-state index contributed by atoms with van der Waals surface area (Å²) in [7, 11) is 0. The summed E-state index contributed by atoms with van der Waals surface area (Å²) in [6.07, 6.45) is -0.534. The highest BCUT2D eigenvalue weighted by atomic mass is 32.1. The van der Waals surface area contributed by atoms with Crippen LogP contribution in [0.5, 0.6) is 0 Å². The number of aliphatic carboxylic acids is 1. The molecule has 0 fully saturated rings. The molecule has 5 nitrogen and oxygen atoms in total. The molecule has 0 saturated carbocycles. The summed E-state index contributed by atoms with van der Waals surface area (Å²) < 4.78 is 43.7. The molecule has 0 unspecified atom stereocenters. The van der Waals surface area contributed by atoms with Crippen molar-refractivity contribution >= 4 is 17.3 Å². The highest BCUT2D eigenvalue weighted by Crippen LogP contribution is 2.35. The van der Waals surface area contributed by atoms with Crippen LogP contribution in [-0.2, 0) is 22.1 Å². The second-order valence-electron chi connectivity index (χ2n) is 8.28. The monoisotopic (exact) mass is 497 g/mol. The van der Waals surface area contributed by atoms with Crippen molar-refractivity contribution in [3.63, 3.8) is 0 Å². The first-order chi connectivity index (χ1) is 15.9. The number of nitrogens with zero attached hydrogens (tertiary/aromatic N) is 1. The number of hydrogen-bond donors (Lipinski definition) is 2. The summed E-state index contributed by atoms with van der Waals surface area (Å²) in [4.78, 5) is 16.2. The minimum absolute atomic E-state index is 0.126. The third kappa shape index (κ3) is 8.07. The van der Waals surface area contributed by atoms with Gasteiger partial charge in [0.1, 0.15) is 11.6 Å². The number of aryl methyl sites for hydroxylation is 1. The molecule has 0 aliphatic rings. The minimum Gasteiger partial charge on any atom is -0.480 e. The first-order valence-electron chi connectivity index (χ1n) is 10.9. The van der Waals surface area contributed by atoms with Crippen LogP contribution in [0, 0.1) is 0 Å². The largest absolute Gasteiger partial charge is 0.480 e. The number of ether oxygens (including phenoxy) is 1. The zero-order valence-corrected chi connectivity index (χ0v) is 20.5. The fraction of sp³-hybridized carbons (Fsp3) is 0.440. The molecular formula is C25H30F3NO4S. The predicted octanol–water partition coefficient (Wildman–Crippen LogP) is 6.24. The second kappa shape index (κ2) is 12.3. The third-order valence-electron chi connectivity index (χ3n) is 5.06. The van der Waals surface area contributed by atoms with Gasteiger partial charge in [-0.15, -0.1) is 11.3 Å². The van der Waals surface area contributed by atoms with Crippen molar-refractivity contribution in [2.45, 2.75) is 58.7 Å². The van der Waals surface area contributed by atoms with E-state index in [1.807, 2.05) is 20.8 Å². The Morgan fingerprint density at radius 2 is 1.85 bits per heavy atom. The summed E-state index contributed by atoms with van der Waals surface area (Å²) in [6.45, 7) is 7.39. The molecule has 1 atom stereocenters. The van der Waals surface area contributed by atoms with Crippen molar-refractivity contribution < 1.29 is 32.9 Å². The molecule has 0 aliphatic carbocycles. The number of carbonyl (C=O) groups is 1. The van der Waals surface area contributed by atoms with Crippen molar-refractivity contribution in [3.8, 4) is 10.6 Å². The van der Waals surface area contributed by atoms with E-state index < -0.39 is 23.8 Å². The van der Waals surface area contributed by atoms with Gasteiger partial charge in [-0.05, 0) is 55.9 Å². The van der Waals surface area contributed by atoms with E-state index >= 15 is 0 Å². The zero-order chi connectivity index (χ0) is 25.5. The van der Waals surface area contributed by atoms with Crippen LogP contribution in [0.3, 0.4) is 0 Å². The summed E-state index contributed by atoms with van der Waals surface area (Å²) >= 11 is 1.43. The highest BCUT2D eigenvalue weighted by molar-refractivity contribution is 7.15. The number of carboxylic acid groups (broad SMARTS) is 1. The highest BCUT2D eigenvalue weighted by Gasteiger charge is 2.30. The van der Waals surface area contributed by atoms with Crippen molar-refractivity contribution in [2.75, 3.05) is 13.2 Å². The Balaban J connectivity index is 2.12. The molecule has 9 heteroatoms. The molecule has 0 aliphatic heterocycles. The first kappa shape index (κ1) is 27.8. The van der Waals surface area contributed by atoms with Crippen molar-refractivity contribution in [3.05, 3.63) is 63.7 Å². The number of carboxylic acids is 1. The first-order valence-corrected chi connectivity index (χ1v) is 11.7. The van der Waals surface area contributed by atoms with Crippen LogP contribution in [0.4, 0.5) is 13.2 Å². The molecule has 0 spiro atoms. The fourth-order valence-electron chi connectivity index (χ4n) is 3.35. The average molecular weight is 498 g/mol. The lowest BCUT2D eigenvalue weighted by atomic mass is 10.00. The lowest BCUT2D eigenvalue weighted by Gasteiger charge is -2.13.